The Morgan fingerprint density at radius 2 is 1.85 bits per heavy atom. The van der Waals surface area contributed by atoms with Crippen molar-refractivity contribution in [3.63, 3.8) is 0 Å². The summed E-state index contributed by atoms with van der Waals surface area (Å²) in [5.41, 5.74) is 4.35. The Balaban J connectivity index is 1.73. The minimum Gasteiger partial charge on any atom is -0.378 e. The summed E-state index contributed by atoms with van der Waals surface area (Å²) >= 11 is 4.55. The molecule has 4 rings (SSSR count). The fraction of sp³-hybridized carbons (Fsp3) is 0.364. The van der Waals surface area contributed by atoms with Gasteiger partial charge in [-0.15, -0.1) is 12.6 Å². The predicted molar refractivity (Wildman–Crippen MR) is 113 cm³/mol. The summed E-state index contributed by atoms with van der Waals surface area (Å²) < 4.78 is 6.39. The SMILES string of the molecule is CN(C)c1ccc(C=CC23OCCN2c2ccc(S)cc2C3(C)C)cc1. The van der Waals surface area contributed by atoms with Crippen LogP contribution < -0.4 is 9.80 Å². The number of fused-ring (bicyclic) bond motifs is 3. The number of hydrogen-bond donors (Lipinski definition) is 1. The highest BCUT2D eigenvalue weighted by Crippen LogP contribution is 2.55. The van der Waals surface area contributed by atoms with Crippen molar-refractivity contribution < 1.29 is 4.74 Å². The molecule has 1 atom stereocenters. The third-order valence-corrected chi connectivity index (χ3v) is 6.07. The Kier molecular flexibility index (Phi) is 4.08. The van der Waals surface area contributed by atoms with E-state index in [4.69, 9.17) is 4.74 Å². The first kappa shape index (κ1) is 17.5. The predicted octanol–water partition coefficient (Wildman–Crippen LogP) is 4.58. The molecule has 2 aromatic rings. The molecule has 136 valence electrons. The highest BCUT2D eigenvalue weighted by Gasteiger charge is 2.59. The molecule has 0 aliphatic carbocycles. The zero-order valence-electron chi connectivity index (χ0n) is 15.9. The molecule has 0 radical (unpaired) electrons. The molecule has 3 nitrogen and oxygen atoms in total. The molecule has 0 spiro atoms. The van der Waals surface area contributed by atoms with Gasteiger partial charge in [0.05, 0.1) is 6.61 Å². The average Bonchev–Trinajstić information content (AvgIpc) is 3.11. The first-order valence-electron chi connectivity index (χ1n) is 9.07. The van der Waals surface area contributed by atoms with Gasteiger partial charge in [-0.1, -0.05) is 32.1 Å². The first-order chi connectivity index (χ1) is 12.3. The topological polar surface area (TPSA) is 15.7 Å². The summed E-state index contributed by atoms with van der Waals surface area (Å²) in [6.45, 7) is 6.19. The highest BCUT2D eigenvalue weighted by atomic mass is 32.1. The van der Waals surface area contributed by atoms with Crippen molar-refractivity contribution in [3.05, 3.63) is 59.7 Å². The van der Waals surface area contributed by atoms with Gasteiger partial charge in [0.1, 0.15) is 0 Å². The Morgan fingerprint density at radius 1 is 1.12 bits per heavy atom. The van der Waals surface area contributed by atoms with Gasteiger partial charge in [-0.3, -0.25) is 0 Å². The fourth-order valence-corrected chi connectivity index (χ4v) is 4.45. The van der Waals surface area contributed by atoms with Crippen molar-refractivity contribution in [3.8, 4) is 0 Å². The van der Waals surface area contributed by atoms with Gasteiger partial charge < -0.3 is 14.5 Å². The van der Waals surface area contributed by atoms with Gasteiger partial charge in [-0.25, -0.2) is 0 Å². The van der Waals surface area contributed by atoms with Crippen LogP contribution in [0.25, 0.3) is 6.08 Å². The molecule has 0 N–H and O–H groups in total. The van der Waals surface area contributed by atoms with Crippen molar-refractivity contribution >= 4 is 30.1 Å². The van der Waals surface area contributed by atoms with Crippen LogP contribution in [0.3, 0.4) is 0 Å². The molecular weight excluding hydrogens is 340 g/mol. The third kappa shape index (κ3) is 2.47. The quantitative estimate of drug-likeness (QED) is 0.801. The number of rotatable bonds is 3. The van der Waals surface area contributed by atoms with Gasteiger partial charge >= 0.3 is 0 Å². The Morgan fingerprint density at radius 3 is 2.54 bits per heavy atom. The number of anilines is 2. The molecule has 1 unspecified atom stereocenters. The zero-order valence-corrected chi connectivity index (χ0v) is 16.8. The molecule has 2 aliphatic heterocycles. The molecule has 1 fully saturated rings. The normalized spacial score (nSPS) is 23.3. The Labute approximate surface area is 161 Å². The number of nitrogens with zero attached hydrogens (tertiary/aromatic N) is 2. The summed E-state index contributed by atoms with van der Waals surface area (Å²) in [6, 6.07) is 15.0. The molecule has 1 saturated heterocycles. The minimum absolute atomic E-state index is 0.155. The van der Waals surface area contributed by atoms with Gasteiger partial charge in [0.15, 0.2) is 5.72 Å². The van der Waals surface area contributed by atoms with Gasteiger partial charge in [-0.05, 0) is 47.5 Å². The van der Waals surface area contributed by atoms with Crippen molar-refractivity contribution in [2.45, 2.75) is 29.9 Å². The van der Waals surface area contributed by atoms with Crippen LogP contribution in [0.1, 0.15) is 25.0 Å². The summed E-state index contributed by atoms with van der Waals surface area (Å²) in [5, 5.41) is 0. The van der Waals surface area contributed by atoms with E-state index in [1.54, 1.807) is 0 Å². The lowest BCUT2D eigenvalue weighted by Gasteiger charge is -2.39. The van der Waals surface area contributed by atoms with E-state index < -0.39 is 5.72 Å². The average molecular weight is 367 g/mol. The van der Waals surface area contributed by atoms with E-state index >= 15 is 0 Å². The van der Waals surface area contributed by atoms with Crippen LogP contribution >= 0.6 is 12.6 Å². The van der Waals surface area contributed by atoms with Gasteiger partial charge in [0.25, 0.3) is 0 Å². The third-order valence-electron chi connectivity index (χ3n) is 5.79. The summed E-state index contributed by atoms with van der Waals surface area (Å²) in [6.07, 6.45) is 4.43. The number of benzene rings is 2. The molecule has 2 aromatic carbocycles. The van der Waals surface area contributed by atoms with Crippen LogP contribution in [0.4, 0.5) is 11.4 Å². The minimum atomic E-state index is -0.447. The molecular formula is C22H26N2OS. The van der Waals surface area contributed by atoms with E-state index in [-0.39, 0.29) is 5.41 Å². The molecule has 0 bridgehead atoms. The van der Waals surface area contributed by atoms with Crippen molar-refractivity contribution in [2.24, 2.45) is 0 Å². The van der Waals surface area contributed by atoms with E-state index in [0.717, 1.165) is 18.0 Å². The van der Waals surface area contributed by atoms with E-state index in [0.29, 0.717) is 0 Å². The van der Waals surface area contributed by atoms with Crippen LogP contribution in [-0.2, 0) is 10.2 Å². The molecule has 2 aliphatic rings. The Hall–Kier alpha value is -1.91. The Bertz CT molecular complexity index is 857. The van der Waals surface area contributed by atoms with Crippen LogP contribution in [0.2, 0.25) is 0 Å². The summed E-state index contributed by atoms with van der Waals surface area (Å²) in [5.74, 6) is 0. The second-order valence-corrected chi connectivity index (χ2v) is 8.36. The standard InChI is InChI=1S/C22H26N2OS/c1-21(2)19-15-18(26)9-10-20(19)24-13-14-25-22(21,24)12-11-16-5-7-17(8-6-16)23(3)4/h5-12,15,26H,13-14H2,1-4H3. The van der Waals surface area contributed by atoms with Crippen LogP contribution in [0.5, 0.6) is 0 Å². The van der Waals surface area contributed by atoms with Crippen molar-refractivity contribution in [2.75, 3.05) is 37.0 Å². The number of thiol groups is 1. The smallest absolute Gasteiger partial charge is 0.170 e. The molecule has 4 heteroatoms. The number of ether oxygens (including phenoxy) is 1. The van der Waals surface area contributed by atoms with E-state index in [2.05, 4.69) is 105 Å². The largest absolute Gasteiger partial charge is 0.378 e. The summed E-state index contributed by atoms with van der Waals surface area (Å²) in [7, 11) is 4.12. The lowest BCUT2D eigenvalue weighted by molar-refractivity contribution is 0.000298. The van der Waals surface area contributed by atoms with Crippen LogP contribution in [0, 0.1) is 0 Å². The monoisotopic (exact) mass is 366 g/mol. The lowest BCUT2D eigenvalue weighted by atomic mass is 9.77. The van der Waals surface area contributed by atoms with Crippen LogP contribution in [0.15, 0.2) is 53.4 Å². The zero-order chi connectivity index (χ0) is 18.5. The van der Waals surface area contributed by atoms with Crippen molar-refractivity contribution in [1.82, 2.24) is 0 Å². The first-order valence-corrected chi connectivity index (χ1v) is 9.52. The second-order valence-electron chi connectivity index (χ2n) is 7.84. The van der Waals surface area contributed by atoms with Gasteiger partial charge in [0.2, 0.25) is 0 Å². The second kappa shape index (κ2) is 6.07. The van der Waals surface area contributed by atoms with E-state index in [9.17, 15) is 0 Å². The summed E-state index contributed by atoms with van der Waals surface area (Å²) in [4.78, 5) is 5.51. The lowest BCUT2D eigenvalue weighted by Crippen LogP contribution is -2.51. The molecule has 2 heterocycles. The van der Waals surface area contributed by atoms with E-state index in [1.807, 2.05) is 0 Å². The highest BCUT2D eigenvalue weighted by molar-refractivity contribution is 7.80. The molecule has 0 saturated carbocycles. The van der Waals surface area contributed by atoms with E-state index in [1.165, 1.54) is 22.5 Å². The number of hydrogen-bond acceptors (Lipinski definition) is 4. The van der Waals surface area contributed by atoms with Crippen LogP contribution in [-0.4, -0.2) is 33.0 Å². The molecule has 26 heavy (non-hydrogen) atoms. The maximum Gasteiger partial charge on any atom is 0.170 e. The maximum atomic E-state index is 6.39. The van der Waals surface area contributed by atoms with Gasteiger partial charge in [-0.2, -0.15) is 0 Å². The molecule has 0 amide bonds. The van der Waals surface area contributed by atoms with Crippen molar-refractivity contribution in [1.29, 1.82) is 0 Å². The van der Waals surface area contributed by atoms with Gasteiger partial charge in [0, 0.05) is 42.3 Å². The fourth-order valence-electron chi connectivity index (χ4n) is 4.25. The maximum absolute atomic E-state index is 6.39. The molecule has 0 aromatic heterocycles.